The summed E-state index contributed by atoms with van der Waals surface area (Å²) in [4.78, 5) is 23.9. The Labute approximate surface area is 185 Å². The van der Waals surface area contributed by atoms with E-state index >= 15 is 0 Å². The molecule has 8 nitrogen and oxygen atoms in total. The average Bonchev–Trinajstić information content (AvgIpc) is 3.15. The number of amides is 1. The highest BCUT2D eigenvalue weighted by molar-refractivity contribution is 7.99. The Morgan fingerprint density at radius 3 is 2.71 bits per heavy atom. The van der Waals surface area contributed by atoms with Crippen molar-refractivity contribution in [1.82, 2.24) is 20.1 Å². The zero-order valence-electron chi connectivity index (χ0n) is 17.6. The first-order valence-corrected chi connectivity index (χ1v) is 11.0. The van der Waals surface area contributed by atoms with Gasteiger partial charge in [0.15, 0.2) is 16.7 Å². The predicted octanol–water partition coefficient (Wildman–Crippen LogP) is 2.98. The van der Waals surface area contributed by atoms with Crippen LogP contribution in [0.4, 0.5) is 0 Å². The second kappa shape index (κ2) is 11.3. The lowest BCUT2D eigenvalue weighted by Gasteiger charge is -2.13. The summed E-state index contributed by atoms with van der Waals surface area (Å²) in [5, 5.41) is 9.79. The van der Waals surface area contributed by atoms with E-state index in [1.807, 2.05) is 55.5 Å². The molecule has 31 heavy (non-hydrogen) atoms. The normalized spacial score (nSPS) is 10.6. The summed E-state index contributed by atoms with van der Waals surface area (Å²) in [6.45, 7) is 3.35. The second-order valence-electron chi connectivity index (χ2n) is 6.79. The largest absolute Gasteiger partial charge is 0.493 e. The Kier molecular flexibility index (Phi) is 8.17. The number of methoxy groups -OCH3 is 1. The average molecular weight is 443 g/mol. The van der Waals surface area contributed by atoms with Gasteiger partial charge in [0.25, 0.3) is 0 Å². The summed E-state index contributed by atoms with van der Waals surface area (Å²) >= 11 is 1.23. The molecule has 0 aliphatic rings. The van der Waals surface area contributed by atoms with Gasteiger partial charge >= 0.3 is 5.69 Å². The minimum Gasteiger partial charge on any atom is -0.493 e. The molecule has 0 fully saturated rings. The van der Waals surface area contributed by atoms with Gasteiger partial charge in [0.05, 0.1) is 12.9 Å². The predicted molar refractivity (Wildman–Crippen MR) is 119 cm³/mol. The smallest absolute Gasteiger partial charge is 0.343 e. The van der Waals surface area contributed by atoms with Crippen molar-refractivity contribution in [3.05, 3.63) is 70.1 Å². The SMILES string of the molecule is CCCn1c(SCC(=O)NCc2ccc(OCc3ccccc3)c(OC)c2)n[nH]c1=O. The molecule has 1 amide bonds. The van der Waals surface area contributed by atoms with Gasteiger partial charge in [0.1, 0.15) is 6.61 Å². The number of nitrogens with one attached hydrogen (secondary N) is 2. The summed E-state index contributed by atoms with van der Waals surface area (Å²) in [6.07, 6.45) is 0.812. The lowest BCUT2D eigenvalue weighted by molar-refractivity contribution is -0.118. The Balaban J connectivity index is 1.51. The van der Waals surface area contributed by atoms with Crippen LogP contribution >= 0.6 is 11.8 Å². The number of rotatable bonds is 11. The quantitative estimate of drug-likeness (QED) is 0.443. The van der Waals surface area contributed by atoms with Crippen LogP contribution in [0, 0.1) is 0 Å². The first kappa shape index (κ1) is 22.5. The second-order valence-corrected chi connectivity index (χ2v) is 7.73. The van der Waals surface area contributed by atoms with Crippen molar-refractivity contribution in [2.75, 3.05) is 12.9 Å². The molecule has 0 spiro atoms. The third-order valence-electron chi connectivity index (χ3n) is 4.46. The summed E-state index contributed by atoms with van der Waals surface area (Å²) in [5.41, 5.74) is 1.70. The minimum atomic E-state index is -0.258. The van der Waals surface area contributed by atoms with Crippen molar-refractivity contribution < 1.29 is 14.3 Å². The maximum absolute atomic E-state index is 12.2. The Morgan fingerprint density at radius 1 is 1.16 bits per heavy atom. The number of hydrogen-bond donors (Lipinski definition) is 2. The molecule has 0 saturated carbocycles. The van der Waals surface area contributed by atoms with Crippen LogP contribution in [0.2, 0.25) is 0 Å². The van der Waals surface area contributed by atoms with E-state index in [9.17, 15) is 9.59 Å². The fraction of sp³-hybridized carbons (Fsp3) is 0.318. The standard InChI is InChI=1S/C22H26N4O4S/c1-3-11-26-21(28)24-25-22(26)31-15-20(27)23-13-17-9-10-18(19(12-17)29-2)30-14-16-7-5-4-6-8-16/h4-10,12H,3,11,13-15H2,1-2H3,(H,23,27)(H,24,28). The third kappa shape index (κ3) is 6.39. The molecule has 2 aromatic carbocycles. The monoisotopic (exact) mass is 442 g/mol. The molecule has 0 radical (unpaired) electrons. The fourth-order valence-corrected chi connectivity index (χ4v) is 3.69. The number of benzene rings is 2. The lowest BCUT2D eigenvalue weighted by Crippen LogP contribution is -2.25. The van der Waals surface area contributed by atoms with Crippen molar-refractivity contribution in [3.8, 4) is 11.5 Å². The molecule has 0 atom stereocenters. The molecule has 164 valence electrons. The number of carbonyl (C=O) groups is 1. The number of hydrogen-bond acceptors (Lipinski definition) is 6. The first-order valence-electron chi connectivity index (χ1n) is 9.99. The van der Waals surface area contributed by atoms with Crippen LogP contribution in [-0.2, 0) is 24.5 Å². The molecule has 1 heterocycles. The minimum absolute atomic E-state index is 0.146. The maximum atomic E-state index is 12.2. The van der Waals surface area contributed by atoms with Crippen molar-refractivity contribution in [2.45, 2.75) is 38.2 Å². The molecular formula is C22H26N4O4S. The van der Waals surface area contributed by atoms with Gasteiger partial charge in [-0.25, -0.2) is 9.89 Å². The van der Waals surface area contributed by atoms with E-state index in [4.69, 9.17) is 9.47 Å². The number of aromatic amines is 1. The van der Waals surface area contributed by atoms with Crippen LogP contribution in [0.1, 0.15) is 24.5 Å². The van der Waals surface area contributed by atoms with Crippen molar-refractivity contribution in [1.29, 1.82) is 0 Å². The van der Waals surface area contributed by atoms with Crippen LogP contribution < -0.4 is 20.5 Å². The molecule has 9 heteroatoms. The van der Waals surface area contributed by atoms with Crippen molar-refractivity contribution in [3.63, 3.8) is 0 Å². The van der Waals surface area contributed by atoms with E-state index in [1.165, 1.54) is 16.3 Å². The molecule has 0 unspecified atom stereocenters. The van der Waals surface area contributed by atoms with Gasteiger partial charge in [-0.05, 0) is 29.7 Å². The molecule has 3 aromatic rings. The number of ether oxygens (including phenoxy) is 2. The molecule has 0 bridgehead atoms. The fourth-order valence-electron chi connectivity index (χ4n) is 2.89. The van der Waals surface area contributed by atoms with Gasteiger partial charge in [0, 0.05) is 13.1 Å². The Hall–Kier alpha value is -3.20. The molecule has 3 rings (SSSR count). The van der Waals surface area contributed by atoms with Gasteiger partial charge in [-0.15, -0.1) is 5.10 Å². The zero-order valence-corrected chi connectivity index (χ0v) is 18.4. The number of carbonyl (C=O) groups excluding carboxylic acids is 1. The van der Waals surface area contributed by atoms with Gasteiger partial charge < -0.3 is 14.8 Å². The highest BCUT2D eigenvalue weighted by Gasteiger charge is 2.11. The number of nitrogens with zero attached hydrogens (tertiary/aromatic N) is 2. The van der Waals surface area contributed by atoms with E-state index in [0.29, 0.717) is 36.4 Å². The zero-order chi connectivity index (χ0) is 22.1. The maximum Gasteiger partial charge on any atom is 0.343 e. The van der Waals surface area contributed by atoms with E-state index < -0.39 is 0 Å². The van der Waals surface area contributed by atoms with Crippen LogP contribution in [0.5, 0.6) is 11.5 Å². The van der Waals surface area contributed by atoms with Crippen LogP contribution in [0.15, 0.2) is 58.5 Å². The van der Waals surface area contributed by atoms with Gasteiger partial charge in [-0.3, -0.25) is 9.36 Å². The van der Waals surface area contributed by atoms with E-state index in [0.717, 1.165) is 17.5 Å². The van der Waals surface area contributed by atoms with Crippen molar-refractivity contribution in [2.24, 2.45) is 0 Å². The van der Waals surface area contributed by atoms with Crippen LogP contribution in [0.3, 0.4) is 0 Å². The summed E-state index contributed by atoms with van der Waals surface area (Å²) in [6, 6.07) is 15.5. The van der Waals surface area contributed by atoms with Gasteiger partial charge in [-0.1, -0.05) is 55.1 Å². The summed E-state index contributed by atoms with van der Waals surface area (Å²) in [5.74, 6) is 1.28. The molecule has 2 N–H and O–H groups in total. The Morgan fingerprint density at radius 2 is 1.97 bits per heavy atom. The molecule has 0 aliphatic heterocycles. The number of H-pyrrole nitrogens is 1. The highest BCUT2D eigenvalue weighted by Crippen LogP contribution is 2.29. The lowest BCUT2D eigenvalue weighted by atomic mass is 10.2. The van der Waals surface area contributed by atoms with Gasteiger partial charge in [0.2, 0.25) is 5.91 Å². The molecular weight excluding hydrogens is 416 g/mol. The third-order valence-corrected chi connectivity index (χ3v) is 5.43. The molecule has 0 aliphatic carbocycles. The summed E-state index contributed by atoms with van der Waals surface area (Å²) < 4.78 is 12.8. The first-order chi connectivity index (χ1) is 15.1. The summed E-state index contributed by atoms with van der Waals surface area (Å²) in [7, 11) is 1.59. The molecule has 0 saturated heterocycles. The van der Waals surface area contributed by atoms with E-state index in [1.54, 1.807) is 7.11 Å². The number of thioether (sulfide) groups is 1. The number of aromatic nitrogens is 3. The van der Waals surface area contributed by atoms with Crippen LogP contribution in [0.25, 0.3) is 0 Å². The molecule has 1 aromatic heterocycles. The van der Waals surface area contributed by atoms with Gasteiger partial charge in [-0.2, -0.15) is 0 Å². The van der Waals surface area contributed by atoms with Crippen LogP contribution in [-0.4, -0.2) is 33.5 Å². The Bertz CT molecular complexity index is 1050. The van der Waals surface area contributed by atoms with Crippen molar-refractivity contribution >= 4 is 17.7 Å². The topological polar surface area (TPSA) is 98.2 Å². The van der Waals surface area contributed by atoms with E-state index in [2.05, 4.69) is 15.5 Å². The highest BCUT2D eigenvalue weighted by atomic mass is 32.2. The van der Waals surface area contributed by atoms with E-state index in [-0.39, 0.29) is 17.3 Å².